The quantitative estimate of drug-likeness (QED) is 0.175. The van der Waals surface area contributed by atoms with E-state index in [2.05, 4.69) is 39.0 Å². The maximum atomic E-state index is 2.54. The van der Waals surface area contributed by atoms with Crippen molar-refractivity contribution >= 4 is 0 Å². The number of aryl methyl sites for hydroxylation is 3. The Kier molecular flexibility index (Phi) is 18.3. The topological polar surface area (TPSA) is 0 Å². The van der Waals surface area contributed by atoms with E-state index >= 15 is 0 Å². The van der Waals surface area contributed by atoms with E-state index < -0.39 is 0 Å². The molecule has 0 aliphatic rings. The van der Waals surface area contributed by atoms with E-state index in [9.17, 15) is 0 Å². The van der Waals surface area contributed by atoms with Gasteiger partial charge in [-0.25, -0.2) is 0 Å². The van der Waals surface area contributed by atoms with E-state index in [0.717, 1.165) is 0 Å². The molecule has 0 aliphatic carbocycles. The van der Waals surface area contributed by atoms with Gasteiger partial charge >= 0.3 is 0 Å². The third kappa shape index (κ3) is 15.1. The number of hydrogen-bond donors (Lipinski definition) is 0. The zero-order valence-corrected chi connectivity index (χ0v) is 21.1. The van der Waals surface area contributed by atoms with Gasteiger partial charge in [0.25, 0.3) is 0 Å². The van der Waals surface area contributed by atoms with Gasteiger partial charge in [-0.1, -0.05) is 135 Å². The molecule has 0 unspecified atom stereocenters. The average molecular weight is 415 g/mol. The Balaban J connectivity index is 2.34. The summed E-state index contributed by atoms with van der Waals surface area (Å²) in [5.41, 5.74) is 4.83. The molecule has 0 saturated carbocycles. The smallest absolute Gasteiger partial charge is 0.0279 e. The van der Waals surface area contributed by atoms with Crippen LogP contribution in [0, 0.1) is 0 Å². The molecule has 0 fully saturated rings. The number of rotatable bonds is 21. The van der Waals surface area contributed by atoms with Crippen molar-refractivity contribution in [3.05, 3.63) is 34.9 Å². The molecule has 1 aromatic rings. The van der Waals surface area contributed by atoms with Crippen LogP contribution in [0.25, 0.3) is 0 Å². The molecule has 0 atom stereocenters. The summed E-state index contributed by atoms with van der Waals surface area (Å²) in [6.45, 7) is 6.92. The van der Waals surface area contributed by atoms with E-state index in [1.165, 1.54) is 135 Å². The third-order valence-corrected chi connectivity index (χ3v) is 6.57. The van der Waals surface area contributed by atoms with Crippen LogP contribution in [0.15, 0.2) is 18.2 Å². The minimum Gasteiger partial charge on any atom is -0.0654 e. The van der Waals surface area contributed by atoms with Crippen molar-refractivity contribution in [2.45, 2.75) is 156 Å². The van der Waals surface area contributed by atoms with Crippen LogP contribution in [0.4, 0.5) is 0 Å². The fourth-order valence-corrected chi connectivity index (χ4v) is 4.58. The maximum absolute atomic E-state index is 2.54. The number of hydrogen-bond acceptors (Lipinski definition) is 0. The summed E-state index contributed by atoms with van der Waals surface area (Å²) >= 11 is 0. The summed E-state index contributed by atoms with van der Waals surface area (Å²) in [5, 5.41) is 0. The molecule has 0 amide bonds. The van der Waals surface area contributed by atoms with Crippen LogP contribution in [0.1, 0.15) is 153 Å². The second-order valence-corrected chi connectivity index (χ2v) is 9.71. The molecule has 174 valence electrons. The summed E-state index contributed by atoms with van der Waals surface area (Å²) in [5.74, 6) is 0. The van der Waals surface area contributed by atoms with Crippen LogP contribution >= 0.6 is 0 Å². The molecule has 0 bridgehead atoms. The largest absolute Gasteiger partial charge is 0.0654 e. The van der Waals surface area contributed by atoms with Crippen molar-refractivity contribution in [2.24, 2.45) is 0 Å². The van der Waals surface area contributed by atoms with E-state index in [1.807, 2.05) is 0 Å². The van der Waals surface area contributed by atoms with E-state index in [1.54, 1.807) is 16.7 Å². The number of benzene rings is 1. The average Bonchev–Trinajstić information content (AvgIpc) is 2.76. The van der Waals surface area contributed by atoms with Gasteiger partial charge in [0.15, 0.2) is 0 Å². The fraction of sp³-hybridized carbons (Fsp3) is 0.800. The molecule has 0 spiro atoms. The Bertz CT molecular complexity index is 449. The zero-order valence-electron chi connectivity index (χ0n) is 21.1. The maximum Gasteiger partial charge on any atom is -0.0279 e. The highest BCUT2D eigenvalue weighted by molar-refractivity contribution is 5.30. The molecular weight excluding hydrogens is 360 g/mol. The Morgan fingerprint density at radius 3 is 0.933 bits per heavy atom. The lowest BCUT2D eigenvalue weighted by Crippen LogP contribution is -1.96. The van der Waals surface area contributed by atoms with E-state index in [0.29, 0.717) is 0 Å². The molecule has 0 nitrogen and oxygen atoms in total. The van der Waals surface area contributed by atoms with Crippen LogP contribution in [0.3, 0.4) is 0 Å². The summed E-state index contributed by atoms with van der Waals surface area (Å²) < 4.78 is 0. The van der Waals surface area contributed by atoms with Gasteiger partial charge in [0.2, 0.25) is 0 Å². The summed E-state index contributed by atoms with van der Waals surface area (Å²) in [7, 11) is 0. The first-order valence-electron chi connectivity index (χ1n) is 13.9. The third-order valence-electron chi connectivity index (χ3n) is 6.57. The Hall–Kier alpha value is -0.780. The van der Waals surface area contributed by atoms with Gasteiger partial charge in [-0.15, -0.1) is 0 Å². The summed E-state index contributed by atoms with van der Waals surface area (Å²) in [4.78, 5) is 0. The standard InChI is InChI=1S/C30H54/c1-4-7-10-12-14-16-18-20-23-29-25-28(22-9-6-3)26-30(27-29)24-21-19-17-15-13-11-8-5-2/h25-27H,4-24H2,1-3H3. The normalized spacial score (nSPS) is 11.3. The molecule has 0 N–H and O–H groups in total. The highest BCUT2D eigenvalue weighted by atomic mass is 14.1. The first kappa shape index (κ1) is 27.3. The SMILES string of the molecule is CCCCCCCCCCc1cc(CCCC)cc(CCCCCCCCCC)c1. The first-order chi connectivity index (χ1) is 14.8. The highest BCUT2D eigenvalue weighted by Gasteiger charge is 2.03. The van der Waals surface area contributed by atoms with Crippen LogP contribution in [0.2, 0.25) is 0 Å². The Morgan fingerprint density at radius 1 is 0.333 bits per heavy atom. The molecule has 0 aliphatic heterocycles. The van der Waals surface area contributed by atoms with Crippen LogP contribution in [-0.4, -0.2) is 0 Å². The van der Waals surface area contributed by atoms with Crippen molar-refractivity contribution in [3.8, 4) is 0 Å². The molecule has 0 radical (unpaired) electrons. The van der Waals surface area contributed by atoms with Crippen molar-refractivity contribution in [3.63, 3.8) is 0 Å². The van der Waals surface area contributed by atoms with Gasteiger partial charge in [-0.2, -0.15) is 0 Å². The lowest BCUT2D eigenvalue weighted by atomic mass is 9.95. The van der Waals surface area contributed by atoms with E-state index in [-0.39, 0.29) is 0 Å². The van der Waals surface area contributed by atoms with E-state index in [4.69, 9.17) is 0 Å². The van der Waals surface area contributed by atoms with Gasteiger partial charge in [-0.3, -0.25) is 0 Å². The molecular formula is C30H54. The van der Waals surface area contributed by atoms with Gasteiger partial charge in [-0.05, 0) is 55.2 Å². The molecule has 0 heterocycles. The Morgan fingerprint density at radius 2 is 0.600 bits per heavy atom. The van der Waals surface area contributed by atoms with Gasteiger partial charge < -0.3 is 0 Å². The Labute approximate surface area is 190 Å². The van der Waals surface area contributed by atoms with Crippen molar-refractivity contribution in [1.29, 1.82) is 0 Å². The second kappa shape index (κ2) is 20.1. The first-order valence-corrected chi connectivity index (χ1v) is 13.9. The fourth-order valence-electron chi connectivity index (χ4n) is 4.58. The van der Waals surface area contributed by atoms with Gasteiger partial charge in [0, 0.05) is 0 Å². The molecule has 1 aromatic carbocycles. The molecule has 0 saturated heterocycles. The van der Waals surface area contributed by atoms with Crippen molar-refractivity contribution < 1.29 is 0 Å². The lowest BCUT2D eigenvalue weighted by Gasteiger charge is -2.11. The zero-order chi connectivity index (χ0) is 21.7. The molecule has 30 heavy (non-hydrogen) atoms. The monoisotopic (exact) mass is 414 g/mol. The second-order valence-electron chi connectivity index (χ2n) is 9.71. The van der Waals surface area contributed by atoms with Crippen molar-refractivity contribution in [1.82, 2.24) is 0 Å². The van der Waals surface area contributed by atoms with Crippen LogP contribution in [-0.2, 0) is 19.3 Å². The van der Waals surface area contributed by atoms with Crippen LogP contribution < -0.4 is 0 Å². The van der Waals surface area contributed by atoms with Crippen LogP contribution in [0.5, 0.6) is 0 Å². The van der Waals surface area contributed by atoms with Crippen molar-refractivity contribution in [2.75, 3.05) is 0 Å². The molecule has 0 heteroatoms. The van der Waals surface area contributed by atoms with Gasteiger partial charge in [0.05, 0.1) is 0 Å². The molecule has 0 aromatic heterocycles. The highest BCUT2D eigenvalue weighted by Crippen LogP contribution is 2.19. The molecule has 1 rings (SSSR count). The predicted molar refractivity (Wildman–Crippen MR) is 138 cm³/mol. The van der Waals surface area contributed by atoms with Gasteiger partial charge in [0.1, 0.15) is 0 Å². The minimum atomic E-state index is 1.27. The lowest BCUT2D eigenvalue weighted by molar-refractivity contribution is 0.574. The summed E-state index contributed by atoms with van der Waals surface area (Å²) in [6, 6.07) is 7.58. The predicted octanol–water partition coefficient (Wildman–Crippen LogP) is 10.4. The minimum absolute atomic E-state index is 1.27. The summed E-state index contributed by atoms with van der Waals surface area (Å²) in [6.07, 6.45) is 29.2. The number of unbranched alkanes of at least 4 members (excludes halogenated alkanes) is 15.